The van der Waals surface area contributed by atoms with Gasteiger partial charge in [0, 0.05) is 11.8 Å². The van der Waals surface area contributed by atoms with E-state index in [4.69, 9.17) is 4.74 Å². The van der Waals surface area contributed by atoms with E-state index in [9.17, 15) is 8.78 Å². The third kappa shape index (κ3) is 2.26. The zero-order valence-electron chi connectivity index (χ0n) is 10.4. The number of anilines is 1. The predicted molar refractivity (Wildman–Crippen MR) is 69.4 cm³/mol. The Balaban J connectivity index is 1.90. The molecular weight excluding hydrogens is 248 g/mol. The lowest BCUT2D eigenvalue weighted by Crippen LogP contribution is -2.06. The van der Waals surface area contributed by atoms with Crippen molar-refractivity contribution < 1.29 is 13.5 Å². The number of nitrogens with one attached hydrogen (secondary N) is 1. The van der Waals surface area contributed by atoms with Crippen LogP contribution in [0, 0.1) is 11.6 Å². The second-order valence-corrected chi connectivity index (χ2v) is 4.63. The fourth-order valence-electron chi connectivity index (χ4n) is 2.44. The molecule has 98 valence electrons. The molecule has 0 spiro atoms. The van der Waals surface area contributed by atoms with Gasteiger partial charge in [0.2, 0.25) is 0 Å². The van der Waals surface area contributed by atoms with Crippen LogP contribution in [0.4, 0.5) is 14.5 Å². The van der Waals surface area contributed by atoms with Crippen LogP contribution in [-0.2, 0) is 6.42 Å². The van der Waals surface area contributed by atoms with Gasteiger partial charge in [0.1, 0.15) is 17.4 Å². The number of hydrogen-bond acceptors (Lipinski definition) is 2. The average Bonchev–Trinajstić information content (AvgIpc) is 2.80. The van der Waals surface area contributed by atoms with E-state index in [0.29, 0.717) is 12.0 Å². The van der Waals surface area contributed by atoms with Gasteiger partial charge in [0.05, 0.1) is 13.2 Å². The van der Waals surface area contributed by atoms with Crippen LogP contribution in [0.25, 0.3) is 0 Å². The average molecular weight is 261 g/mol. The SMILES string of the molecule is COc1ccc2c(c1)CC(c1cc(F)cc(F)c1)N2. The molecule has 0 saturated carbocycles. The normalized spacial score (nSPS) is 16.9. The lowest BCUT2D eigenvalue weighted by Gasteiger charge is -2.11. The van der Waals surface area contributed by atoms with Crippen molar-refractivity contribution in [2.24, 2.45) is 0 Å². The molecule has 0 radical (unpaired) electrons. The van der Waals surface area contributed by atoms with E-state index in [1.165, 1.54) is 12.1 Å². The van der Waals surface area contributed by atoms with Crippen molar-refractivity contribution in [1.82, 2.24) is 0 Å². The van der Waals surface area contributed by atoms with Gasteiger partial charge in [0.15, 0.2) is 0 Å². The maximum Gasteiger partial charge on any atom is 0.126 e. The van der Waals surface area contributed by atoms with E-state index in [-0.39, 0.29) is 6.04 Å². The van der Waals surface area contributed by atoms with Crippen molar-refractivity contribution in [2.75, 3.05) is 12.4 Å². The van der Waals surface area contributed by atoms with Crippen LogP contribution in [0.3, 0.4) is 0 Å². The van der Waals surface area contributed by atoms with Crippen LogP contribution in [-0.4, -0.2) is 7.11 Å². The number of methoxy groups -OCH3 is 1. The first-order valence-electron chi connectivity index (χ1n) is 6.05. The minimum absolute atomic E-state index is 0.104. The van der Waals surface area contributed by atoms with Gasteiger partial charge < -0.3 is 10.1 Å². The van der Waals surface area contributed by atoms with Crippen LogP contribution >= 0.6 is 0 Å². The lowest BCUT2D eigenvalue weighted by atomic mass is 10.0. The number of benzene rings is 2. The van der Waals surface area contributed by atoms with Gasteiger partial charge in [-0.2, -0.15) is 0 Å². The van der Waals surface area contributed by atoms with Crippen molar-refractivity contribution in [2.45, 2.75) is 12.5 Å². The van der Waals surface area contributed by atoms with Crippen molar-refractivity contribution in [3.8, 4) is 5.75 Å². The Morgan fingerprint density at radius 1 is 1.11 bits per heavy atom. The Bertz CT molecular complexity index is 607. The molecule has 1 aliphatic heterocycles. The van der Waals surface area contributed by atoms with E-state index in [1.54, 1.807) is 7.11 Å². The summed E-state index contributed by atoms with van der Waals surface area (Å²) >= 11 is 0. The molecule has 2 nitrogen and oxygen atoms in total. The lowest BCUT2D eigenvalue weighted by molar-refractivity contribution is 0.414. The van der Waals surface area contributed by atoms with E-state index in [0.717, 1.165) is 23.1 Å². The summed E-state index contributed by atoms with van der Waals surface area (Å²) in [6.07, 6.45) is 0.690. The van der Waals surface area contributed by atoms with E-state index < -0.39 is 11.6 Å². The summed E-state index contributed by atoms with van der Waals surface area (Å²) < 4.78 is 31.7. The minimum atomic E-state index is -0.551. The fraction of sp³-hybridized carbons (Fsp3) is 0.200. The summed E-state index contributed by atoms with van der Waals surface area (Å²) in [4.78, 5) is 0. The second-order valence-electron chi connectivity index (χ2n) is 4.63. The fourth-order valence-corrected chi connectivity index (χ4v) is 2.44. The number of ether oxygens (including phenoxy) is 1. The Morgan fingerprint density at radius 2 is 1.84 bits per heavy atom. The Kier molecular flexibility index (Phi) is 2.85. The second kappa shape index (κ2) is 4.53. The van der Waals surface area contributed by atoms with E-state index in [2.05, 4.69) is 5.32 Å². The summed E-state index contributed by atoms with van der Waals surface area (Å²) in [5.74, 6) is -0.317. The van der Waals surface area contributed by atoms with Crippen LogP contribution in [0.15, 0.2) is 36.4 Å². The number of hydrogen-bond donors (Lipinski definition) is 1. The molecule has 0 saturated heterocycles. The van der Waals surface area contributed by atoms with Crippen LogP contribution in [0.2, 0.25) is 0 Å². The first kappa shape index (κ1) is 12.0. The maximum atomic E-state index is 13.2. The standard InChI is InChI=1S/C15H13F2NO/c1-19-13-2-3-14-10(6-13)7-15(18-14)9-4-11(16)8-12(17)5-9/h2-6,8,15,18H,7H2,1H3. The van der Waals surface area contributed by atoms with Crippen molar-refractivity contribution >= 4 is 5.69 Å². The van der Waals surface area contributed by atoms with Crippen LogP contribution in [0.1, 0.15) is 17.2 Å². The zero-order valence-corrected chi connectivity index (χ0v) is 10.4. The predicted octanol–water partition coefficient (Wildman–Crippen LogP) is 3.68. The zero-order chi connectivity index (χ0) is 13.4. The molecule has 1 N–H and O–H groups in total. The summed E-state index contributed by atoms with van der Waals surface area (Å²) in [6.45, 7) is 0. The molecule has 0 bridgehead atoms. The van der Waals surface area contributed by atoms with Crippen molar-refractivity contribution in [1.29, 1.82) is 0 Å². The quantitative estimate of drug-likeness (QED) is 0.890. The minimum Gasteiger partial charge on any atom is -0.497 e. The molecule has 0 aromatic heterocycles. The number of halogens is 2. The Morgan fingerprint density at radius 3 is 2.53 bits per heavy atom. The molecule has 2 aromatic rings. The third-order valence-corrected chi connectivity index (χ3v) is 3.35. The Hall–Kier alpha value is -2.10. The largest absolute Gasteiger partial charge is 0.497 e. The van der Waals surface area contributed by atoms with Gasteiger partial charge in [-0.15, -0.1) is 0 Å². The maximum absolute atomic E-state index is 13.2. The topological polar surface area (TPSA) is 21.3 Å². The first-order chi connectivity index (χ1) is 9.15. The summed E-state index contributed by atoms with van der Waals surface area (Å²) in [7, 11) is 1.61. The summed E-state index contributed by atoms with van der Waals surface area (Å²) in [5.41, 5.74) is 2.69. The molecule has 1 aliphatic rings. The molecule has 2 aromatic carbocycles. The summed E-state index contributed by atoms with van der Waals surface area (Å²) in [5, 5.41) is 3.27. The van der Waals surface area contributed by atoms with Gasteiger partial charge >= 0.3 is 0 Å². The highest BCUT2D eigenvalue weighted by Crippen LogP contribution is 2.36. The third-order valence-electron chi connectivity index (χ3n) is 3.35. The number of fused-ring (bicyclic) bond motifs is 1. The van der Waals surface area contributed by atoms with E-state index in [1.807, 2.05) is 18.2 Å². The highest BCUT2D eigenvalue weighted by atomic mass is 19.1. The monoisotopic (exact) mass is 261 g/mol. The molecule has 3 rings (SSSR count). The van der Waals surface area contributed by atoms with Gasteiger partial charge in [-0.3, -0.25) is 0 Å². The highest BCUT2D eigenvalue weighted by molar-refractivity contribution is 5.60. The number of rotatable bonds is 2. The molecule has 0 amide bonds. The van der Waals surface area contributed by atoms with Crippen LogP contribution in [0.5, 0.6) is 5.75 Å². The first-order valence-corrected chi connectivity index (χ1v) is 6.05. The van der Waals surface area contributed by atoms with Gasteiger partial charge in [-0.05, 0) is 47.9 Å². The molecular formula is C15H13F2NO. The smallest absolute Gasteiger partial charge is 0.126 e. The Labute approximate surface area is 110 Å². The van der Waals surface area contributed by atoms with Crippen LogP contribution < -0.4 is 10.1 Å². The highest BCUT2D eigenvalue weighted by Gasteiger charge is 2.23. The molecule has 0 fully saturated rings. The van der Waals surface area contributed by atoms with Crippen molar-refractivity contribution in [3.05, 3.63) is 59.2 Å². The summed E-state index contributed by atoms with van der Waals surface area (Å²) in [6, 6.07) is 9.23. The molecule has 4 heteroatoms. The van der Waals surface area contributed by atoms with E-state index >= 15 is 0 Å². The molecule has 19 heavy (non-hydrogen) atoms. The molecule has 1 atom stereocenters. The van der Waals surface area contributed by atoms with Crippen molar-refractivity contribution in [3.63, 3.8) is 0 Å². The molecule has 0 aliphatic carbocycles. The van der Waals surface area contributed by atoms with Gasteiger partial charge in [-0.1, -0.05) is 0 Å². The van der Waals surface area contributed by atoms with Gasteiger partial charge in [-0.25, -0.2) is 8.78 Å². The molecule has 1 unspecified atom stereocenters. The van der Waals surface area contributed by atoms with Gasteiger partial charge in [0.25, 0.3) is 0 Å². The molecule has 1 heterocycles.